The predicted molar refractivity (Wildman–Crippen MR) is 128 cm³/mol. The van der Waals surface area contributed by atoms with Crippen molar-refractivity contribution in [2.75, 3.05) is 7.05 Å². The SMILES string of the molecule is CC(Oc1cccc2c1CCCC2)C(=O)N(C)Cc1nc(-c2ccc(C(C)(C)C)cc2)no1. The molecule has 1 aromatic heterocycles. The van der Waals surface area contributed by atoms with Crippen LogP contribution in [0.25, 0.3) is 11.4 Å². The zero-order chi connectivity index (χ0) is 23.6. The molecule has 6 heteroatoms. The fraction of sp³-hybridized carbons (Fsp3) is 0.444. The van der Waals surface area contributed by atoms with Crippen molar-refractivity contribution in [3.8, 4) is 17.1 Å². The molecule has 0 radical (unpaired) electrons. The number of hydrogen-bond donors (Lipinski definition) is 0. The summed E-state index contributed by atoms with van der Waals surface area (Å²) >= 11 is 0. The number of fused-ring (bicyclic) bond motifs is 1. The van der Waals surface area contributed by atoms with Gasteiger partial charge < -0.3 is 14.2 Å². The number of carbonyl (C=O) groups is 1. The summed E-state index contributed by atoms with van der Waals surface area (Å²) in [5.41, 5.74) is 4.79. The number of hydrogen-bond acceptors (Lipinski definition) is 5. The van der Waals surface area contributed by atoms with Crippen molar-refractivity contribution < 1.29 is 14.1 Å². The summed E-state index contributed by atoms with van der Waals surface area (Å²) in [6.45, 7) is 8.55. The molecule has 1 aliphatic carbocycles. The number of aryl methyl sites for hydroxylation is 1. The van der Waals surface area contributed by atoms with E-state index in [0.717, 1.165) is 30.6 Å². The van der Waals surface area contributed by atoms with E-state index in [0.29, 0.717) is 11.7 Å². The maximum Gasteiger partial charge on any atom is 0.263 e. The minimum Gasteiger partial charge on any atom is -0.481 e. The van der Waals surface area contributed by atoms with Crippen LogP contribution in [0, 0.1) is 0 Å². The standard InChI is InChI=1S/C27H33N3O3/c1-18(32-23-12-8-10-19-9-6-7-11-22(19)23)26(31)30(5)17-24-28-25(29-33-24)20-13-15-21(16-14-20)27(2,3)4/h8,10,12-16,18H,6-7,9,11,17H2,1-5H3. The van der Waals surface area contributed by atoms with Crippen molar-refractivity contribution in [2.45, 2.75) is 71.4 Å². The Labute approximate surface area is 196 Å². The average Bonchev–Trinajstić information content (AvgIpc) is 3.26. The van der Waals surface area contributed by atoms with E-state index in [1.165, 1.54) is 23.1 Å². The lowest BCUT2D eigenvalue weighted by molar-refractivity contribution is -0.137. The number of amides is 1. The smallest absolute Gasteiger partial charge is 0.263 e. The molecule has 2 aromatic carbocycles. The van der Waals surface area contributed by atoms with Crippen LogP contribution in [0.1, 0.15) is 63.1 Å². The third-order valence-corrected chi connectivity index (χ3v) is 6.23. The Morgan fingerprint density at radius 2 is 1.85 bits per heavy atom. The van der Waals surface area contributed by atoms with Gasteiger partial charge in [0, 0.05) is 12.6 Å². The molecule has 0 fully saturated rings. The molecular formula is C27H33N3O3. The molecule has 6 nitrogen and oxygen atoms in total. The quantitative estimate of drug-likeness (QED) is 0.510. The van der Waals surface area contributed by atoms with Crippen LogP contribution >= 0.6 is 0 Å². The van der Waals surface area contributed by atoms with Crippen LogP contribution in [0.15, 0.2) is 47.0 Å². The summed E-state index contributed by atoms with van der Waals surface area (Å²) in [6.07, 6.45) is 3.85. The normalized spacial score (nSPS) is 14.5. The fourth-order valence-electron chi connectivity index (χ4n) is 4.24. The summed E-state index contributed by atoms with van der Waals surface area (Å²) in [4.78, 5) is 19.0. The molecule has 0 N–H and O–H groups in total. The average molecular weight is 448 g/mol. The summed E-state index contributed by atoms with van der Waals surface area (Å²) in [5.74, 6) is 1.61. The van der Waals surface area contributed by atoms with Gasteiger partial charge in [-0.1, -0.05) is 62.3 Å². The molecule has 1 amide bonds. The van der Waals surface area contributed by atoms with Gasteiger partial charge in [0.05, 0.1) is 6.54 Å². The predicted octanol–water partition coefficient (Wildman–Crippen LogP) is 5.34. The molecule has 1 atom stereocenters. The van der Waals surface area contributed by atoms with E-state index in [4.69, 9.17) is 9.26 Å². The first-order valence-electron chi connectivity index (χ1n) is 11.7. The monoisotopic (exact) mass is 447 g/mol. The Kier molecular flexibility index (Phi) is 6.54. The first-order valence-corrected chi connectivity index (χ1v) is 11.7. The van der Waals surface area contributed by atoms with E-state index in [1.54, 1.807) is 18.9 Å². The molecule has 0 saturated heterocycles. The highest BCUT2D eigenvalue weighted by atomic mass is 16.5. The molecule has 0 bridgehead atoms. The lowest BCUT2D eigenvalue weighted by Gasteiger charge is -2.24. The van der Waals surface area contributed by atoms with Crippen LogP contribution in [0.3, 0.4) is 0 Å². The lowest BCUT2D eigenvalue weighted by atomic mass is 9.87. The van der Waals surface area contributed by atoms with Gasteiger partial charge in [0.2, 0.25) is 11.7 Å². The van der Waals surface area contributed by atoms with Crippen molar-refractivity contribution in [1.82, 2.24) is 15.0 Å². The number of likely N-dealkylation sites (N-methyl/N-ethyl adjacent to an activating group) is 1. The number of carbonyl (C=O) groups excluding carboxylic acids is 1. The molecule has 174 valence electrons. The highest BCUT2D eigenvalue weighted by Gasteiger charge is 2.24. The molecule has 33 heavy (non-hydrogen) atoms. The van der Waals surface area contributed by atoms with Gasteiger partial charge in [0.15, 0.2) is 6.10 Å². The number of rotatable bonds is 6. The largest absolute Gasteiger partial charge is 0.481 e. The minimum absolute atomic E-state index is 0.0851. The maximum absolute atomic E-state index is 12.9. The summed E-state index contributed by atoms with van der Waals surface area (Å²) in [5, 5.41) is 4.10. The second kappa shape index (κ2) is 9.38. The van der Waals surface area contributed by atoms with Crippen LogP contribution in [-0.4, -0.2) is 34.1 Å². The Morgan fingerprint density at radius 3 is 2.58 bits per heavy atom. The van der Waals surface area contributed by atoms with Crippen LogP contribution in [0.4, 0.5) is 0 Å². The van der Waals surface area contributed by atoms with Gasteiger partial charge in [-0.25, -0.2) is 0 Å². The molecule has 3 aromatic rings. The number of ether oxygens (including phenoxy) is 1. The molecule has 1 aliphatic rings. The van der Waals surface area contributed by atoms with Crippen LogP contribution in [0.5, 0.6) is 5.75 Å². The minimum atomic E-state index is -0.601. The van der Waals surface area contributed by atoms with Gasteiger partial charge in [-0.3, -0.25) is 4.79 Å². The van der Waals surface area contributed by atoms with E-state index >= 15 is 0 Å². The van der Waals surface area contributed by atoms with E-state index in [2.05, 4.69) is 49.1 Å². The first kappa shape index (κ1) is 23.0. The zero-order valence-electron chi connectivity index (χ0n) is 20.2. The lowest BCUT2D eigenvalue weighted by Crippen LogP contribution is -2.37. The zero-order valence-corrected chi connectivity index (χ0v) is 20.2. The van der Waals surface area contributed by atoms with Crippen molar-refractivity contribution >= 4 is 5.91 Å². The Bertz CT molecular complexity index is 1110. The van der Waals surface area contributed by atoms with Crippen LogP contribution < -0.4 is 4.74 Å². The summed E-state index contributed by atoms with van der Waals surface area (Å²) < 4.78 is 11.5. The molecule has 1 unspecified atom stereocenters. The fourth-order valence-corrected chi connectivity index (χ4v) is 4.24. The third-order valence-electron chi connectivity index (χ3n) is 6.23. The van der Waals surface area contributed by atoms with E-state index in [1.807, 2.05) is 24.3 Å². The summed E-state index contributed by atoms with van der Waals surface area (Å²) in [7, 11) is 1.73. The van der Waals surface area contributed by atoms with Crippen LogP contribution in [0.2, 0.25) is 0 Å². The van der Waals surface area contributed by atoms with E-state index in [9.17, 15) is 4.79 Å². The van der Waals surface area contributed by atoms with Gasteiger partial charge in [-0.05, 0) is 60.8 Å². The number of benzene rings is 2. The summed E-state index contributed by atoms with van der Waals surface area (Å²) in [6, 6.07) is 14.3. The highest BCUT2D eigenvalue weighted by Crippen LogP contribution is 2.30. The van der Waals surface area contributed by atoms with Gasteiger partial charge in [-0.15, -0.1) is 0 Å². The van der Waals surface area contributed by atoms with Crippen molar-refractivity contribution in [3.05, 3.63) is 65.0 Å². The number of nitrogens with zero attached hydrogens (tertiary/aromatic N) is 3. The molecule has 4 rings (SSSR count). The van der Waals surface area contributed by atoms with E-state index in [-0.39, 0.29) is 17.9 Å². The Balaban J connectivity index is 1.39. The Morgan fingerprint density at radius 1 is 1.12 bits per heavy atom. The Hall–Kier alpha value is -3.15. The van der Waals surface area contributed by atoms with Gasteiger partial charge in [0.25, 0.3) is 5.91 Å². The van der Waals surface area contributed by atoms with Gasteiger partial charge in [0.1, 0.15) is 5.75 Å². The van der Waals surface area contributed by atoms with Crippen molar-refractivity contribution in [2.24, 2.45) is 0 Å². The third kappa shape index (κ3) is 5.27. The van der Waals surface area contributed by atoms with Crippen molar-refractivity contribution in [1.29, 1.82) is 0 Å². The molecule has 1 heterocycles. The van der Waals surface area contributed by atoms with E-state index < -0.39 is 6.10 Å². The molecular weight excluding hydrogens is 414 g/mol. The maximum atomic E-state index is 12.9. The second-order valence-electron chi connectivity index (χ2n) is 9.89. The highest BCUT2D eigenvalue weighted by molar-refractivity contribution is 5.80. The molecule has 0 aliphatic heterocycles. The van der Waals surface area contributed by atoms with Crippen LogP contribution in [-0.2, 0) is 29.6 Å². The number of aromatic nitrogens is 2. The molecule has 0 spiro atoms. The van der Waals surface area contributed by atoms with Gasteiger partial charge >= 0.3 is 0 Å². The molecule has 0 saturated carbocycles. The first-order chi connectivity index (χ1) is 15.7. The van der Waals surface area contributed by atoms with Crippen molar-refractivity contribution in [3.63, 3.8) is 0 Å². The van der Waals surface area contributed by atoms with Gasteiger partial charge in [-0.2, -0.15) is 4.98 Å². The second-order valence-corrected chi connectivity index (χ2v) is 9.89. The topological polar surface area (TPSA) is 68.5 Å².